The van der Waals surface area contributed by atoms with Crippen LogP contribution in [0.25, 0.3) is 10.9 Å². The van der Waals surface area contributed by atoms with Gasteiger partial charge in [0, 0.05) is 36.8 Å². The summed E-state index contributed by atoms with van der Waals surface area (Å²) in [7, 11) is 1.66. The Morgan fingerprint density at radius 1 is 1.31 bits per heavy atom. The van der Waals surface area contributed by atoms with Gasteiger partial charge in [0.15, 0.2) is 0 Å². The smallest absolute Gasteiger partial charge is 0.121 e. The first-order valence-corrected chi connectivity index (χ1v) is 9.67. The quantitative estimate of drug-likeness (QED) is 0.637. The third-order valence-corrected chi connectivity index (χ3v) is 4.90. The number of anilines is 1. The van der Waals surface area contributed by atoms with E-state index in [9.17, 15) is 5.11 Å². The Morgan fingerprint density at radius 3 is 2.81 bits per heavy atom. The normalized spacial score (nSPS) is 13.8. The second kappa shape index (κ2) is 10.3. The topological polar surface area (TPSA) is 57.6 Å². The molecule has 2 rings (SSSR count). The molecule has 144 valence electrons. The fraction of sp³-hybridized carbons (Fsp3) is 0.571. The number of unbranched alkanes of at least 4 members (excludes halogenated alkanes) is 1. The number of aromatic nitrogens is 1. The van der Waals surface area contributed by atoms with Gasteiger partial charge in [0.1, 0.15) is 5.75 Å². The maximum Gasteiger partial charge on any atom is 0.121 e. The van der Waals surface area contributed by atoms with Gasteiger partial charge in [-0.05, 0) is 38.4 Å². The Hall–Kier alpha value is -1.85. The molecular weight excluding hydrogens is 326 g/mol. The van der Waals surface area contributed by atoms with Crippen molar-refractivity contribution in [3.63, 3.8) is 0 Å². The minimum Gasteiger partial charge on any atom is -0.497 e. The lowest BCUT2D eigenvalue weighted by atomic mass is 10.1. The molecule has 0 fully saturated rings. The van der Waals surface area contributed by atoms with E-state index < -0.39 is 6.10 Å². The van der Waals surface area contributed by atoms with Crippen molar-refractivity contribution in [2.24, 2.45) is 0 Å². The fourth-order valence-corrected chi connectivity index (χ4v) is 3.09. The predicted octanol–water partition coefficient (Wildman–Crippen LogP) is 3.92. The van der Waals surface area contributed by atoms with Gasteiger partial charge in [-0.3, -0.25) is 9.88 Å². The van der Waals surface area contributed by atoms with Crippen molar-refractivity contribution in [1.29, 1.82) is 0 Å². The van der Waals surface area contributed by atoms with E-state index in [1.807, 2.05) is 24.3 Å². The average molecular weight is 360 g/mol. The number of methoxy groups -OCH3 is 1. The minimum atomic E-state index is -0.439. The molecule has 0 aliphatic heterocycles. The average Bonchev–Trinajstić information content (AvgIpc) is 2.68. The van der Waals surface area contributed by atoms with E-state index in [-0.39, 0.29) is 0 Å². The Kier molecular flexibility index (Phi) is 8.13. The number of nitrogens with one attached hydrogen (secondary N) is 1. The fourth-order valence-electron chi connectivity index (χ4n) is 3.09. The van der Waals surface area contributed by atoms with Crippen molar-refractivity contribution in [3.05, 3.63) is 30.5 Å². The van der Waals surface area contributed by atoms with E-state index in [0.717, 1.165) is 41.7 Å². The molecule has 0 aliphatic rings. The summed E-state index contributed by atoms with van der Waals surface area (Å²) >= 11 is 0. The minimum absolute atomic E-state index is 0.439. The SMILES string of the molecule is CCCCN(C[C@@H](O)CNc1cc(OC)cc2cccnc12)[C@@H](C)CC. The second-order valence-electron chi connectivity index (χ2n) is 6.89. The van der Waals surface area contributed by atoms with Gasteiger partial charge < -0.3 is 15.2 Å². The van der Waals surface area contributed by atoms with E-state index in [4.69, 9.17) is 4.74 Å². The molecule has 2 aromatic rings. The zero-order chi connectivity index (χ0) is 18.9. The summed E-state index contributed by atoms with van der Waals surface area (Å²) in [5.41, 5.74) is 1.79. The van der Waals surface area contributed by atoms with Crippen molar-refractivity contribution in [3.8, 4) is 5.75 Å². The predicted molar refractivity (Wildman–Crippen MR) is 109 cm³/mol. The molecular formula is C21H33N3O2. The Balaban J connectivity index is 2.04. The summed E-state index contributed by atoms with van der Waals surface area (Å²) < 4.78 is 5.39. The number of hydrogen-bond acceptors (Lipinski definition) is 5. The molecule has 1 heterocycles. The molecule has 1 aromatic carbocycles. The maximum absolute atomic E-state index is 10.6. The van der Waals surface area contributed by atoms with Crippen LogP contribution >= 0.6 is 0 Å². The van der Waals surface area contributed by atoms with Crippen LogP contribution < -0.4 is 10.1 Å². The number of rotatable bonds is 11. The largest absolute Gasteiger partial charge is 0.497 e. The summed E-state index contributed by atoms with van der Waals surface area (Å²) in [5, 5.41) is 15.0. The second-order valence-corrected chi connectivity index (χ2v) is 6.89. The summed E-state index contributed by atoms with van der Waals surface area (Å²) in [6.45, 7) is 8.83. The summed E-state index contributed by atoms with van der Waals surface area (Å²) in [6, 6.07) is 8.32. The third kappa shape index (κ3) is 5.58. The lowest BCUT2D eigenvalue weighted by Crippen LogP contribution is -2.41. The molecule has 5 heteroatoms. The molecule has 0 amide bonds. The molecule has 0 saturated heterocycles. The van der Waals surface area contributed by atoms with Crippen LogP contribution in [-0.2, 0) is 0 Å². The standard InChI is InChI=1S/C21H33N3O2/c1-5-7-11-24(16(3)6-2)15-18(25)14-23-20-13-19(26-4)12-17-9-8-10-22-21(17)20/h8-10,12-13,16,18,23,25H,5-7,11,14-15H2,1-4H3/t16-,18-/m0/s1. The van der Waals surface area contributed by atoms with Gasteiger partial charge in [-0.15, -0.1) is 0 Å². The maximum atomic E-state index is 10.6. The molecule has 0 aliphatic carbocycles. The van der Waals surface area contributed by atoms with Gasteiger partial charge in [0.05, 0.1) is 24.4 Å². The molecule has 5 nitrogen and oxygen atoms in total. The summed E-state index contributed by atoms with van der Waals surface area (Å²) in [4.78, 5) is 6.85. The monoisotopic (exact) mass is 359 g/mol. The first-order valence-electron chi connectivity index (χ1n) is 9.67. The van der Waals surface area contributed by atoms with Gasteiger partial charge in [0.25, 0.3) is 0 Å². The highest BCUT2D eigenvalue weighted by molar-refractivity contribution is 5.91. The van der Waals surface area contributed by atoms with E-state index in [0.29, 0.717) is 19.1 Å². The number of benzene rings is 1. The first kappa shape index (κ1) is 20.5. The number of fused-ring (bicyclic) bond motifs is 1. The molecule has 0 unspecified atom stereocenters. The van der Waals surface area contributed by atoms with E-state index in [2.05, 4.69) is 36.0 Å². The van der Waals surface area contributed by atoms with Crippen molar-refractivity contribution in [2.45, 2.75) is 52.2 Å². The van der Waals surface area contributed by atoms with Crippen LogP contribution in [0.1, 0.15) is 40.0 Å². The van der Waals surface area contributed by atoms with Crippen LogP contribution in [0.2, 0.25) is 0 Å². The molecule has 0 bridgehead atoms. The van der Waals surface area contributed by atoms with Crippen molar-refractivity contribution < 1.29 is 9.84 Å². The number of pyridine rings is 1. The van der Waals surface area contributed by atoms with Crippen LogP contribution in [0.15, 0.2) is 30.5 Å². The Bertz CT molecular complexity index is 677. The molecule has 26 heavy (non-hydrogen) atoms. The van der Waals surface area contributed by atoms with Crippen LogP contribution in [0, 0.1) is 0 Å². The van der Waals surface area contributed by atoms with Crippen molar-refractivity contribution >= 4 is 16.6 Å². The zero-order valence-corrected chi connectivity index (χ0v) is 16.5. The summed E-state index contributed by atoms with van der Waals surface area (Å²) in [5.74, 6) is 0.784. The lowest BCUT2D eigenvalue weighted by Gasteiger charge is -2.30. The van der Waals surface area contributed by atoms with Gasteiger partial charge in [-0.25, -0.2) is 0 Å². The molecule has 1 aromatic heterocycles. The van der Waals surface area contributed by atoms with Crippen LogP contribution in [0.4, 0.5) is 5.69 Å². The zero-order valence-electron chi connectivity index (χ0n) is 16.5. The number of aliphatic hydroxyl groups is 1. The number of nitrogens with zero attached hydrogens (tertiary/aromatic N) is 2. The highest BCUT2D eigenvalue weighted by atomic mass is 16.5. The highest BCUT2D eigenvalue weighted by Gasteiger charge is 2.16. The third-order valence-electron chi connectivity index (χ3n) is 4.90. The highest BCUT2D eigenvalue weighted by Crippen LogP contribution is 2.27. The van der Waals surface area contributed by atoms with Gasteiger partial charge in [-0.2, -0.15) is 0 Å². The summed E-state index contributed by atoms with van der Waals surface area (Å²) in [6.07, 6.45) is 4.77. The number of ether oxygens (including phenoxy) is 1. The van der Waals surface area contributed by atoms with Gasteiger partial charge in [0.2, 0.25) is 0 Å². The Labute approximate surface area is 157 Å². The van der Waals surface area contributed by atoms with Gasteiger partial charge in [-0.1, -0.05) is 26.3 Å². The molecule has 2 atom stereocenters. The first-order chi connectivity index (χ1) is 12.6. The lowest BCUT2D eigenvalue weighted by molar-refractivity contribution is 0.0963. The van der Waals surface area contributed by atoms with E-state index in [1.165, 1.54) is 6.42 Å². The molecule has 0 radical (unpaired) electrons. The molecule has 0 saturated carbocycles. The van der Waals surface area contributed by atoms with Crippen LogP contribution in [0.3, 0.4) is 0 Å². The number of aliphatic hydroxyl groups excluding tert-OH is 1. The van der Waals surface area contributed by atoms with Crippen molar-refractivity contribution in [2.75, 3.05) is 32.1 Å². The van der Waals surface area contributed by atoms with Crippen molar-refractivity contribution in [1.82, 2.24) is 9.88 Å². The Morgan fingerprint density at radius 2 is 2.12 bits per heavy atom. The van der Waals surface area contributed by atoms with Crippen LogP contribution in [-0.4, -0.2) is 53.9 Å². The van der Waals surface area contributed by atoms with Gasteiger partial charge >= 0.3 is 0 Å². The molecule has 2 N–H and O–H groups in total. The molecule has 0 spiro atoms. The van der Waals surface area contributed by atoms with E-state index in [1.54, 1.807) is 13.3 Å². The van der Waals surface area contributed by atoms with Crippen LogP contribution in [0.5, 0.6) is 5.75 Å². The number of hydrogen-bond donors (Lipinski definition) is 2. The van der Waals surface area contributed by atoms with E-state index >= 15 is 0 Å².